The van der Waals surface area contributed by atoms with Crippen LogP contribution in [0.2, 0.25) is 0 Å². The third-order valence-electron chi connectivity index (χ3n) is 4.14. The van der Waals surface area contributed by atoms with Gasteiger partial charge in [-0.1, -0.05) is 12.1 Å². The number of rotatable bonds is 6. The predicted octanol–water partition coefficient (Wildman–Crippen LogP) is 2.32. The summed E-state index contributed by atoms with van der Waals surface area (Å²) < 4.78 is 15.9. The second kappa shape index (κ2) is 8.27. The van der Waals surface area contributed by atoms with Crippen molar-refractivity contribution < 1.29 is 33.7 Å². The van der Waals surface area contributed by atoms with Crippen LogP contribution < -0.4 is 24.2 Å². The number of nitrogens with zero attached hydrogens (tertiary/aromatic N) is 1. The van der Waals surface area contributed by atoms with Crippen molar-refractivity contribution in [2.24, 2.45) is 0 Å². The fourth-order valence-electron chi connectivity index (χ4n) is 2.77. The van der Waals surface area contributed by atoms with Gasteiger partial charge in [0.05, 0.1) is 37.9 Å². The Kier molecular flexibility index (Phi) is 5.79. The molecule has 1 aliphatic heterocycles. The average Bonchev–Trinajstić information content (AvgIpc) is 3.00. The molecule has 1 aliphatic rings. The molecular weight excluding hydrogens is 398 g/mol. The van der Waals surface area contributed by atoms with Crippen LogP contribution in [0.5, 0.6) is 17.2 Å². The van der Waals surface area contributed by atoms with Crippen molar-refractivity contribution in [3.63, 3.8) is 0 Å². The van der Waals surface area contributed by atoms with Crippen molar-refractivity contribution in [1.29, 1.82) is 0 Å². The summed E-state index contributed by atoms with van der Waals surface area (Å²) in [7, 11) is 4.44. The minimum atomic E-state index is -1.34. The van der Waals surface area contributed by atoms with Crippen molar-refractivity contribution >= 4 is 40.6 Å². The maximum absolute atomic E-state index is 12.8. The Morgan fingerprint density at radius 1 is 1.00 bits per heavy atom. The van der Waals surface area contributed by atoms with Crippen molar-refractivity contribution in [1.82, 2.24) is 0 Å². The summed E-state index contributed by atoms with van der Waals surface area (Å²) in [5.74, 6) is -0.624. The molecule has 150 valence electrons. The second-order valence-electron chi connectivity index (χ2n) is 5.81. The van der Waals surface area contributed by atoms with Crippen molar-refractivity contribution in [2.45, 2.75) is 0 Å². The van der Waals surface area contributed by atoms with Crippen LogP contribution in [0.15, 0.2) is 41.3 Å². The lowest BCUT2D eigenvalue weighted by Crippen LogP contribution is -2.28. The molecule has 2 amide bonds. The number of ether oxygens (including phenoxy) is 3. The highest BCUT2D eigenvalue weighted by Crippen LogP contribution is 2.41. The Morgan fingerprint density at radius 3 is 2.07 bits per heavy atom. The van der Waals surface area contributed by atoms with E-state index in [2.05, 4.69) is 0 Å². The number of methoxy groups -OCH3 is 3. The average molecular weight is 414 g/mol. The number of hydrogen-bond acceptors (Lipinski definition) is 8. The lowest BCUT2D eigenvalue weighted by atomic mass is 10.1. The smallest absolute Gasteiger partial charge is 0.298 e. The zero-order chi connectivity index (χ0) is 21.1. The van der Waals surface area contributed by atoms with E-state index in [9.17, 15) is 19.5 Å². The number of carboxylic acid groups (broad SMARTS) is 1. The lowest BCUT2D eigenvalue weighted by molar-refractivity contribution is -0.255. The maximum atomic E-state index is 12.8. The quantitative estimate of drug-likeness (QED) is 0.663. The van der Waals surface area contributed by atoms with Crippen LogP contribution in [0, 0.1) is 0 Å². The Labute approximate surface area is 170 Å². The molecule has 8 nitrogen and oxygen atoms in total. The van der Waals surface area contributed by atoms with Crippen molar-refractivity contribution in [3.8, 4) is 17.2 Å². The monoisotopic (exact) mass is 414 g/mol. The predicted molar refractivity (Wildman–Crippen MR) is 105 cm³/mol. The molecule has 2 aromatic rings. The number of carbonyl (C=O) groups excluding carboxylic acids is 3. The summed E-state index contributed by atoms with van der Waals surface area (Å²) in [5, 5.41) is 10.4. The van der Waals surface area contributed by atoms with E-state index >= 15 is 0 Å². The van der Waals surface area contributed by atoms with Crippen LogP contribution in [-0.2, 0) is 4.79 Å². The van der Waals surface area contributed by atoms with E-state index in [1.54, 1.807) is 18.2 Å². The Morgan fingerprint density at radius 2 is 1.59 bits per heavy atom. The first kappa shape index (κ1) is 20.3. The van der Waals surface area contributed by atoms with Gasteiger partial charge in [-0.15, -0.1) is 0 Å². The van der Waals surface area contributed by atoms with Crippen LogP contribution in [0.3, 0.4) is 0 Å². The third-order valence-corrected chi connectivity index (χ3v) is 5.01. The fraction of sp³-hybridized carbons (Fsp3) is 0.150. The summed E-state index contributed by atoms with van der Waals surface area (Å²) in [6.45, 7) is 0. The highest BCUT2D eigenvalue weighted by Gasteiger charge is 2.36. The van der Waals surface area contributed by atoms with E-state index in [-0.39, 0.29) is 16.2 Å². The maximum Gasteiger partial charge on any atom is 0.298 e. The van der Waals surface area contributed by atoms with Crippen molar-refractivity contribution in [3.05, 3.63) is 52.4 Å². The molecule has 29 heavy (non-hydrogen) atoms. The molecule has 1 fully saturated rings. The van der Waals surface area contributed by atoms with Crippen LogP contribution in [0.25, 0.3) is 6.08 Å². The molecule has 0 spiro atoms. The Bertz CT molecular complexity index is 989. The van der Waals surface area contributed by atoms with Gasteiger partial charge in [-0.05, 0) is 53.2 Å². The largest absolute Gasteiger partial charge is 0.545 e. The number of carboxylic acids is 1. The molecule has 1 saturated heterocycles. The van der Waals surface area contributed by atoms with Gasteiger partial charge < -0.3 is 24.1 Å². The van der Waals surface area contributed by atoms with Gasteiger partial charge in [-0.3, -0.25) is 9.59 Å². The molecule has 0 aliphatic carbocycles. The normalized spacial score (nSPS) is 15.0. The lowest BCUT2D eigenvalue weighted by Gasteiger charge is -2.14. The molecule has 0 bridgehead atoms. The fourth-order valence-corrected chi connectivity index (χ4v) is 3.61. The number of thioether (sulfide) groups is 1. The Balaban J connectivity index is 1.95. The summed E-state index contributed by atoms with van der Waals surface area (Å²) in [6.07, 6.45) is 1.55. The molecule has 0 unspecified atom stereocenters. The number of carbonyl (C=O) groups is 3. The van der Waals surface area contributed by atoms with Gasteiger partial charge in [0.2, 0.25) is 5.75 Å². The summed E-state index contributed by atoms with van der Waals surface area (Å²) in [4.78, 5) is 37.2. The number of benzene rings is 2. The van der Waals surface area contributed by atoms with E-state index in [1.807, 2.05) is 0 Å². The number of imide groups is 1. The highest BCUT2D eigenvalue weighted by atomic mass is 32.2. The zero-order valence-corrected chi connectivity index (χ0v) is 16.6. The molecule has 0 atom stereocenters. The van der Waals surface area contributed by atoms with Gasteiger partial charge in [0.15, 0.2) is 11.5 Å². The van der Waals surface area contributed by atoms with E-state index in [0.29, 0.717) is 22.8 Å². The zero-order valence-electron chi connectivity index (χ0n) is 15.8. The van der Waals surface area contributed by atoms with Gasteiger partial charge in [0.1, 0.15) is 0 Å². The molecule has 0 aromatic heterocycles. The van der Waals surface area contributed by atoms with E-state index in [4.69, 9.17) is 14.2 Å². The molecule has 9 heteroatoms. The molecule has 2 aromatic carbocycles. The van der Waals surface area contributed by atoms with Crippen LogP contribution in [0.1, 0.15) is 15.9 Å². The second-order valence-corrected chi connectivity index (χ2v) is 6.80. The first-order chi connectivity index (χ1) is 13.9. The first-order valence-corrected chi connectivity index (χ1v) is 9.10. The molecule has 0 saturated carbocycles. The van der Waals surface area contributed by atoms with Gasteiger partial charge in [0, 0.05) is 0 Å². The van der Waals surface area contributed by atoms with E-state index in [1.165, 1.54) is 45.6 Å². The molecule has 3 rings (SSSR count). The highest BCUT2D eigenvalue weighted by molar-refractivity contribution is 8.19. The third kappa shape index (κ3) is 3.90. The molecular formula is C20H16NO7S-. The standard InChI is InChI=1S/C20H17NO7S/c1-26-14-8-11(9-15(27-2)17(14)28-3)10-16-18(22)21(20(25)29-16)13-6-4-12(5-7-13)19(23)24/h4-10H,1-3H3,(H,23,24)/p-1/b16-10-. The number of amides is 2. The van der Waals surface area contributed by atoms with Crippen LogP contribution in [-0.4, -0.2) is 38.4 Å². The number of anilines is 1. The van der Waals surface area contributed by atoms with Gasteiger partial charge in [-0.25, -0.2) is 4.90 Å². The Hall–Kier alpha value is -3.46. The number of aromatic carboxylic acids is 1. The first-order valence-electron chi connectivity index (χ1n) is 8.29. The van der Waals surface area contributed by atoms with Gasteiger partial charge in [0.25, 0.3) is 11.1 Å². The van der Waals surface area contributed by atoms with E-state index in [0.717, 1.165) is 16.7 Å². The summed E-state index contributed by atoms with van der Waals surface area (Å²) >= 11 is 0.776. The van der Waals surface area contributed by atoms with Crippen molar-refractivity contribution in [2.75, 3.05) is 26.2 Å². The van der Waals surface area contributed by atoms with E-state index < -0.39 is 17.1 Å². The summed E-state index contributed by atoms with van der Waals surface area (Å²) in [6, 6.07) is 8.62. The van der Waals surface area contributed by atoms with Crippen LogP contribution in [0.4, 0.5) is 10.5 Å². The van der Waals surface area contributed by atoms with Gasteiger partial charge >= 0.3 is 0 Å². The molecule has 1 heterocycles. The molecule has 0 radical (unpaired) electrons. The van der Waals surface area contributed by atoms with Crippen LogP contribution >= 0.6 is 11.8 Å². The number of hydrogen-bond donors (Lipinski definition) is 0. The topological polar surface area (TPSA) is 105 Å². The SMILES string of the molecule is COc1cc(/C=C2\SC(=O)N(c3ccc(C(=O)[O-])cc3)C2=O)cc(OC)c1OC. The molecule has 0 N–H and O–H groups in total. The minimum absolute atomic E-state index is 0.0475. The minimum Gasteiger partial charge on any atom is -0.545 e. The van der Waals surface area contributed by atoms with Gasteiger partial charge in [-0.2, -0.15) is 0 Å². The summed E-state index contributed by atoms with van der Waals surface area (Å²) in [5.41, 5.74) is 0.803.